The van der Waals surface area contributed by atoms with Crippen LogP contribution in [0.3, 0.4) is 0 Å². The van der Waals surface area contributed by atoms with Crippen molar-refractivity contribution in [3.63, 3.8) is 0 Å². The van der Waals surface area contributed by atoms with Crippen LogP contribution < -0.4 is 11.1 Å². The minimum atomic E-state index is -0.153. The van der Waals surface area contributed by atoms with Gasteiger partial charge in [-0.15, -0.1) is 0 Å². The van der Waals surface area contributed by atoms with Gasteiger partial charge < -0.3 is 16.0 Å². The highest BCUT2D eigenvalue weighted by Crippen LogP contribution is 2.24. The van der Waals surface area contributed by atoms with Crippen molar-refractivity contribution in [1.29, 1.82) is 0 Å². The Labute approximate surface area is 101 Å². The van der Waals surface area contributed by atoms with Crippen molar-refractivity contribution in [3.8, 4) is 0 Å². The second-order valence-corrected chi connectivity index (χ2v) is 4.53. The number of rotatable bonds is 5. The average molecular weight is 237 g/mol. The van der Waals surface area contributed by atoms with Crippen molar-refractivity contribution in [2.45, 2.75) is 18.9 Å². The molecule has 1 aromatic rings. The van der Waals surface area contributed by atoms with Gasteiger partial charge in [-0.25, -0.2) is 0 Å². The molecule has 0 aromatic carbocycles. The number of nitrogen functional groups attached to an aromatic ring is 1. The molecule has 1 aliphatic rings. The van der Waals surface area contributed by atoms with Crippen LogP contribution in [-0.2, 0) is 7.05 Å². The van der Waals surface area contributed by atoms with E-state index in [9.17, 15) is 4.79 Å². The maximum absolute atomic E-state index is 11.8. The van der Waals surface area contributed by atoms with E-state index in [1.165, 1.54) is 23.7 Å². The number of carbonyl (C=O) groups excluding carboxylic acids is 1. The van der Waals surface area contributed by atoms with Gasteiger partial charge in [-0.2, -0.15) is 5.10 Å². The molecule has 0 spiro atoms. The Kier molecular flexibility index (Phi) is 3.33. The Morgan fingerprint density at radius 2 is 2.41 bits per heavy atom. The third-order valence-corrected chi connectivity index (χ3v) is 3.15. The fourth-order valence-electron chi connectivity index (χ4n) is 1.76. The summed E-state index contributed by atoms with van der Waals surface area (Å²) in [6.45, 7) is 1.51. The summed E-state index contributed by atoms with van der Waals surface area (Å²) in [6.07, 6.45) is 4.05. The van der Waals surface area contributed by atoms with Gasteiger partial charge in [0.15, 0.2) is 0 Å². The van der Waals surface area contributed by atoms with E-state index in [2.05, 4.69) is 22.4 Å². The molecule has 1 aromatic heterocycles. The van der Waals surface area contributed by atoms with E-state index in [1.807, 2.05) is 0 Å². The van der Waals surface area contributed by atoms with Crippen LogP contribution in [0.4, 0.5) is 5.82 Å². The van der Waals surface area contributed by atoms with Crippen molar-refractivity contribution in [2.24, 2.45) is 7.05 Å². The Bertz CT molecular complexity index is 410. The Morgan fingerprint density at radius 3 is 2.94 bits per heavy atom. The topological polar surface area (TPSA) is 76.2 Å². The van der Waals surface area contributed by atoms with E-state index in [1.54, 1.807) is 7.05 Å². The molecule has 0 radical (unpaired) electrons. The number of anilines is 1. The highest BCUT2D eigenvalue weighted by Gasteiger charge is 2.25. The number of carbonyl (C=O) groups is 1. The molecule has 6 nitrogen and oxygen atoms in total. The molecule has 0 unspecified atom stereocenters. The summed E-state index contributed by atoms with van der Waals surface area (Å²) in [5.74, 6) is 0.248. The fraction of sp³-hybridized carbons (Fsp3) is 0.636. The molecule has 0 bridgehead atoms. The second kappa shape index (κ2) is 4.75. The van der Waals surface area contributed by atoms with Crippen molar-refractivity contribution in [3.05, 3.63) is 11.8 Å². The average Bonchev–Trinajstić information content (AvgIpc) is 3.08. The third-order valence-electron chi connectivity index (χ3n) is 3.15. The Hall–Kier alpha value is -1.56. The van der Waals surface area contributed by atoms with Crippen molar-refractivity contribution < 1.29 is 4.79 Å². The molecule has 0 saturated heterocycles. The summed E-state index contributed by atoms with van der Waals surface area (Å²) in [7, 11) is 3.80. The molecule has 17 heavy (non-hydrogen) atoms. The van der Waals surface area contributed by atoms with E-state index in [0.29, 0.717) is 17.9 Å². The zero-order valence-electron chi connectivity index (χ0n) is 10.3. The molecular formula is C11H19N5O. The molecular weight excluding hydrogens is 218 g/mol. The first-order valence-electron chi connectivity index (χ1n) is 5.85. The van der Waals surface area contributed by atoms with Gasteiger partial charge in [-0.05, 0) is 19.9 Å². The SMILES string of the molecule is CN(CCNC(=O)c1cnn(C)c1N)C1CC1. The number of nitrogens with two attached hydrogens (primary N) is 1. The van der Waals surface area contributed by atoms with Gasteiger partial charge in [0.2, 0.25) is 0 Å². The van der Waals surface area contributed by atoms with Crippen LogP contribution in [0, 0.1) is 0 Å². The predicted octanol–water partition coefficient (Wildman–Crippen LogP) is -0.174. The van der Waals surface area contributed by atoms with Crippen LogP contribution in [0.5, 0.6) is 0 Å². The lowest BCUT2D eigenvalue weighted by Gasteiger charge is -2.15. The molecule has 1 fully saturated rings. The van der Waals surface area contributed by atoms with E-state index >= 15 is 0 Å². The lowest BCUT2D eigenvalue weighted by Crippen LogP contribution is -2.34. The van der Waals surface area contributed by atoms with Crippen LogP contribution in [0.25, 0.3) is 0 Å². The van der Waals surface area contributed by atoms with Crippen LogP contribution in [0.2, 0.25) is 0 Å². The highest BCUT2D eigenvalue weighted by atomic mass is 16.1. The molecule has 6 heteroatoms. The lowest BCUT2D eigenvalue weighted by molar-refractivity contribution is 0.0950. The zero-order valence-corrected chi connectivity index (χ0v) is 10.3. The largest absolute Gasteiger partial charge is 0.383 e. The van der Waals surface area contributed by atoms with Gasteiger partial charge in [0, 0.05) is 26.2 Å². The first-order chi connectivity index (χ1) is 8.09. The van der Waals surface area contributed by atoms with Gasteiger partial charge in [0.1, 0.15) is 11.4 Å². The first kappa shape index (κ1) is 11.9. The van der Waals surface area contributed by atoms with Gasteiger partial charge in [0.25, 0.3) is 5.91 Å². The van der Waals surface area contributed by atoms with Crippen LogP contribution in [-0.4, -0.2) is 46.8 Å². The minimum Gasteiger partial charge on any atom is -0.383 e. The summed E-state index contributed by atoms with van der Waals surface area (Å²) >= 11 is 0. The Morgan fingerprint density at radius 1 is 1.71 bits per heavy atom. The molecule has 0 aliphatic heterocycles. The maximum atomic E-state index is 11.8. The molecule has 1 amide bonds. The molecule has 94 valence electrons. The molecule has 1 aliphatic carbocycles. The molecule has 2 rings (SSSR count). The quantitative estimate of drug-likeness (QED) is 0.745. The zero-order chi connectivity index (χ0) is 12.4. The number of aryl methyl sites for hydroxylation is 1. The number of nitrogens with one attached hydrogen (secondary N) is 1. The highest BCUT2D eigenvalue weighted by molar-refractivity contribution is 5.98. The molecule has 1 heterocycles. The second-order valence-electron chi connectivity index (χ2n) is 4.53. The minimum absolute atomic E-state index is 0.153. The molecule has 1 saturated carbocycles. The van der Waals surface area contributed by atoms with Gasteiger partial charge in [-0.3, -0.25) is 9.48 Å². The third kappa shape index (κ3) is 2.76. The van der Waals surface area contributed by atoms with Crippen LogP contribution in [0.15, 0.2) is 6.20 Å². The van der Waals surface area contributed by atoms with Crippen LogP contribution >= 0.6 is 0 Å². The maximum Gasteiger partial charge on any atom is 0.256 e. The summed E-state index contributed by atoms with van der Waals surface area (Å²) in [5.41, 5.74) is 6.17. The normalized spacial score (nSPS) is 15.2. The van der Waals surface area contributed by atoms with Gasteiger partial charge >= 0.3 is 0 Å². The number of nitrogens with zero attached hydrogens (tertiary/aromatic N) is 3. The molecule has 3 N–H and O–H groups in total. The van der Waals surface area contributed by atoms with E-state index in [-0.39, 0.29) is 5.91 Å². The number of hydrogen-bond donors (Lipinski definition) is 2. The van der Waals surface area contributed by atoms with E-state index in [0.717, 1.165) is 12.6 Å². The van der Waals surface area contributed by atoms with Crippen LogP contribution in [0.1, 0.15) is 23.2 Å². The summed E-state index contributed by atoms with van der Waals surface area (Å²) in [6, 6.07) is 0.718. The van der Waals surface area contributed by atoms with Crippen molar-refractivity contribution >= 4 is 11.7 Å². The summed E-state index contributed by atoms with van der Waals surface area (Å²) < 4.78 is 1.49. The van der Waals surface area contributed by atoms with Crippen molar-refractivity contribution in [1.82, 2.24) is 20.0 Å². The summed E-state index contributed by atoms with van der Waals surface area (Å²) in [4.78, 5) is 14.1. The first-order valence-corrected chi connectivity index (χ1v) is 5.85. The monoisotopic (exact) mass is 237 g/mol. The Balaban J connectivity index is 1.79. The number of amides is 1. The van der Waals surface area contributed by atoms with Gasteiger partial charge in [0.05, 0.1) is 6.20 Å². The summed E-state index contributed by atoms with van der Waals surface area (Å²) in [5, 5.41) is 6.79. The number of aromatic nitrogens is 2. The molecule has 0 atom stereocenters. The van der Waals surface area contributed by atoms with E-state index in [4.69, 9.17) is 5.73 Å². The van der Waals surface area contributed by atoms with Crippen molar-refractivity contribution in [2.75, 3.05) is 25.9 Å². The standard InChI is InChI=1S/C11H19N5O/c1-15(8-3-4-8)6-5-13-11(17)9-7-14-16(2)10(9)12/h7-8H,3-6,12H2,1-2H3,(H,13,17). The predicted molar refractivity (Wildman–Crippen MR) is 65.6 cm³/mol. The number of hydrogen-bond acceptors (Lipinski definition) is 4. The number of likely N-dealkylation sites (N-methyl/N-ethyl adjacent to an activating group) is 1. The lowest BCUT2D eigenvalue weighted by atomic mass is 10.3. The van der Waals surface area contributed by atoms with Gasteiger partial charge in [-0.1, -0.05) is 0 Å². The smallest absolute Gasteiger partial charge is 0.256 e. The fourth-order valence-corrected chi connectivity index (χ4v) is 1.76. The van der Waals surface area contributed by atoms with E-state index < -0.39 is 0 Å².